The van der Waals surface area contributed by atoms with Gasteiger partial charge in [-0.1, -0.05) is 0 Å². The van der Waals surface area contributed by atoms with Crippen LogP contribution in [0.1, 0.15) is 30.3 Å². The van der Waals surface area contributed by atoms with E-state index in [0.717, 1.165) is 30.6 Å². The number of sulfonamides is 1. The highest BCUT2D eigenvalue weighted by molar-refractivity contribution is 7.92. The molecule has 1 fully saturated rings. The third kappa shape index (κ3) is 3.91. The first kappa shape index (κ1) is 14.7. The maximum Gasteiger partial charge on any atom is 0.230 e. The van der Waals surface area contributed by atoms with Gasteiger partial charge in [0.15, 0.2) is 0 Å². The van der Waals surface area contributed by atoms with Gasteiger partial charge in [-0.3, -0.25) is 4.72 Å². The number of nitrogens with one attached hydrogen (secondary N) is 1. The number of hydrogen-bond donors (Lipinski definition) is 1. The average molecular weight is 320 g/mol. The molecule has 0 amide bonds. The summed E-state index contributed by atoms with van der Waals surface area (Å²) in [6.07, 6.45) is 4.76. The molecule has 8 heteroatoms. The molecule has 7 nitrogen and oxygen atoms in total. The van der Waals surface area contributed by atoms with Gasteiger partial charge >= 0.3 is 0 Å². The van der Waals surface area contributed by atoms with E-state index in [1.807, 2.05) is 6.92 Å². The second kappa shape index (κ2) is 5.53. The van der Waals surface area contributed by atoms with Gasteiger partial charge in [0.1, 0.15) is 17.4 Å². The molecule has 0 aliphatic heterocycles. The number of rotatable bonds is 5. The molecule has 0 aromatic carbocycles. The molecule has 1 N–H and O–H groups in total. The van der Waals surface area contributed by atoms with Gasteiger partial charge in [0.05, 0.1) is 12.5 Å². The first-order chi connectivity index (χ1) is 10.4. The lowest BCUT2D eigenvalue weighted by Gasteiger charge is -2.08. The fourth-order valence-corrected chi connectivity index (χ4v) is 2.45. The van der Waals surface area contributed by atoms with E-state index in [1.165, 1.54) is 12.3 Å². The Morgan fingerprint density at radius 3 is 2.64 bits per heavy atom. The lowest BCUT2D eigenvalue weighted by Crippen LogP contribution is -2.10. The summed E-state index contributed by atoms with van der Waals surface area (Å²) in [6, 6.07) is 4.93. The summed E-state index contributed by atoms with van der Waals surface area (Å²) in [5.41, 5.74) is 0.857. The van der Waals surface area contributed by atoms with Crippen molar-refractivity contribution in [2.45, 2.75) is 25.7 Å². The van der Waals surface area contributed by atoms with E-state index < -0.39 is 10.0 Å². The minimum atomic E-state index is -3.34. The van der Waals surface area contributed by atoms with Crippen LogP contribution in [0.3, 0.4) is 0 Å². The molecule has 0 spiro atoms. The number of pyridine rings is 1. The van der Waals surface area contributed by atoms with Crippen LogP contribution in [0.15, 0.2) is 24.4 Å². The number of ether oxygens (including phenoxy) is 1. The second-order valence-corrected chi connectivity index (χ2v) is 7.08. The normalized spacial score (nSPS) is 14.6. The molecular weight excluding hydrogens is 304 g/mol. The predicted molar refractivity (Wildman–Crippen MR) is 81.5 cm³/mol. The fourth-order valence-electron chi connectivity index (χ4n) is 1.95. The second-order valence-electron chi connectivity index (χ2n) is 5.34. The quantitative estimate of drug-likeness (QED) is 0.908. The molecule has 0 saturated heterocycles. The highest BCUT2D eigenvalue weighted by Crippen LogP contribution is 2.38. The molecule has 1 saturated carbocycles. The first-order valence-corrected chi connectivity index (χ1v) is 8.75. The Balaban J connectivity index is 1.75. The summed E-state index contributed by atoms with van der Waals surface area (Å²) in [7, 11) is -3.34. The maximum absolute atomic E-state index is 11.1. The molecule has 116 valence electrons. The Morgan fingerprint density at radius 1 is 1.27 bits per heavy atom. The number of hydrogen-bond acceptors (Lipinski definition) is 6. The zero-order valence-corrected chi connectivity index (χ0v) is 13.1. The summed E-state index contributed by atoms with van der Waals surface area (Å²) >= 11 is 0. The standard InChI is InChI=1S/C14H16N4O3S/c1-9-7-13(17-14(16-9)10-3-4-10)21-11-5-6-12(15-8-11)18-22(2,19)20/h5-8,10H,3-4H2,1-2H3,(H,15,18). The number of aromatic nitrogens is 3. The Bertz CT molecular complexity index is 786. The van der Waals surface area contributed by atoms with E-state index in [-0.39, 0.29) is 5.82 Å². The van der Waals surface area contributed by atoms with Crippen molar-refractivity contribution in [3.8, 4) is 11.6 Å². The summed E-state index contributed by atoms with van der Waals surface area (Å²) < 4.78 is 30.2. The largest absolute Gasteiger partial charge is 0.437 e. The molecular formula is C14H16N4O3S. The molecule has 0 bridgehead atoms. The SMILES string of the molecule is Cc1cc(Oc2ccc(NS(C)(=O)=O)nc2)nc(C2CC2)n1. The van der Waals surface area contributed by atoms with E-state index in [0.29, 0.717) is 17.5 Å². The van der Waals surface area contributed by atoms with Gasteiger partial charge in [-0.05, 0) is 31.9 Å². The zero-order chi connectivity index (χ0) is 15.7. The van der Waals surface area contributed by atoms with Gasteiger partial charge in [-0.25, -0.2) is 18.4 Å². The first-order valence-electron chi connectivity index (χ1n) is 6.86. The van der Waals surface area contributed by atoms with Crippen LogP contribution in [-0.4, -0.2) is 29.6 Å². The Kier molecular flexibility index (Phi) is 3.69. The Morgan fingerprint density at radius 2 is 2.05 bits per heavy atom. The third-order valence-corrected chi connectivity index (χ3v) is 3.62. The topological polar surface area (TPSA) is 94.1 Å². The van der Waals surface area contributed by atoms with Crippen LogP contribution < -0.4 is 9.46 Å². The van der Waals surface area contributed by atoms with Crippen molar-refractivity contribution in [3.63, 3.8) is 0 Å². The molecule has 3 rings (SSSR count). The monoisotopic (exact) mass is 320 g/mol. The van der Waals surface area contributed by atoms with E-state index in [2.05, 4.69) is 19.7 Å². The smallest absolute Gasteiger partial charge is 0.230 e. The third-order valence-electron chi connectivity index (χ3n) is 3.04. The number of aryl methyl sites for hydroxylation is 1. The summed E-state index contributed by atoms with van der Waals surface area (Å²) in [4.78, 5) is 12.8. The maximum atomic E-state index is 11.1. The van der Waals surface area contributed by atoms with Crippen LogP contribution in [0.4, 0.5) is 5.82 Å². The highest BCUT2D eigenvalue weighted by atomic mass is 32.2. The van der Waals surface area contributed by atoms with Crippen LogP contribution in [0.25, 0.3) is 0 Å². The lowest BCUT2D eigenvalue weighted by molar-refractivity contribution is 0.455. The summed E-state index contributed by atoms with van der Waals surface area (Å²) in [5.74, 6) is 2.46. The Labute approximate surface area is 128 Å². The highest BCUT2D eigenvalue weighted by Gasteiger charge is 2.27. The predicted octanol–water partition coefficient (Wildman–Crippen LogP) is 2.22. The van der Waals surface area contributed by atoms with E-state index in [9.17, 15) is 8.42 Å². The molecule has 0 radical (unpaired) electrons. The van der Waals surface area contributed by atoms with Gasteiger partial charge in [0.25, 0.3) is 0 Å². The molecule has 22 heavy (non-hydrogen) atoms. The van der Waals surface area contributed by atoms with Crippen molar-refractivity contribution in [1.29, 1.82) is 0 Å². The van der Waals surface area contributed by atoms with Crippen LogP contribution >= 0.6 is 0 Å². The average Bonchev–Trinajstić information content (AvgIpc) is 3.23. The van der Waals surface area contributed by atoms with Gasteiger partial charge in [0, 0.05) is 17.7 Å². The molecule has 2 aromatic heterocycles. The van der Waals surface area contributed by atoms with Gasteiger partial charge in [-0.2, -0.15) is 4.98 Å². The molecule has 1 aliphatic carbocycles. The number of anilines is 1. The zero-order valence-electron chi connectivity index (χ0n) is 12.3. The van der Waals surface area contributed by atoms with Gasteiger partial charge < -0.3 is 4.74 Å². The van der Waals surface area contributed by atoms with E-state index >= 15 is 0 Å². The van der Waals surface area contributed by atoms with Gasteiger partial charge in [0.2, 0.25) is 15.9 Å². The van der Waals surface area contributed by atoms with Crippen LogP contribution in [0.5, 0.6) is 11.6 Å². The van der Waals surface area contributed by atoms with Crippen molar-refractivity contribution in [3.05, 3.63) is 35.9 Å². The van der Waals surface area contributed by atoms with Gasteiger partial charge in [-0.15, -0.1) is 0 Å². The van der Waals surface area contributed by atoms with E-state index in [4.69, 9.17) is 4.74 Å². The molecule has 0 atom stereocenters. The van der Waals surface area contributed by atoms with Crippen molar-refractivity contribution in [2.75, 3.05) is 11.0 Å². The summed E-state index contributed by atoms with van der Waals surface area (Å²) in [5, 5.41) is 0. The number of nitrogens with zero attached hydrogens (tertiary/aromatic N) is 3. The van der Waals surface area contributed by atoms with Crippen molar-refractivity contribution >= 4 is 15.8 Å². The molecule has 2 heterocycles. The van der Waals surface area contributed by atoms with Crippen LogP contribution in [0.2, 0.25) is 0 Å². The van der Waals surface area contributed by atoms with Crippen molar-refractivity contribution < 1.29 is 13.2 Å². The molecule has 2 aromatic rings. The minimum absolute atomic E-state index is 0.243. The lowest BCUT2D eigenvalue weighted by atomic mass is 10.3. The van der Waals surface area contributed by atoms with E-state index in [1.54, 1.807) is 12.1 Å². The molecule has 1 aliphatic rings. The van der Waals surface area contributed by atoms with Crippen LogP contribution in [-0.2, 0) is 10.0 Å². The van der Waals surface area contributed by atoms with Crippen LogP contribution in [0, 0.1) is 6.92 Å². The van der Waals surface area contributed by atoms with Crippen molar-refractivity contribution in [1.82, 2.24) is 15.0 Å². The molecule has 0 unspecified atom stereocenters. The fraction of sp³-hybridized carbons (Fsp3) is 0.357. The Hall–Kier alpha value is -2.22. The van der Waals surface area contributed by atoms with Crippen molar-refractivity contribution in [2.24, 2.45) is 0 Å². The minimum Gasteiger partial charge on any atom is -0.437 e. The summed E-state index contributed by atoms with van der Waals surface area (Å²) in [6.45, 7) is 1.90.